The average Bonchev–Trinajstić information content (AvgIpc) is 2.12. The first-order valence-electron chi connectivity index (χ1n) is 4.41. The molecule has 1 aromatic rings. The third kappa shape index (κ3) is 1.06. The second-order valence-electron chi connectivity index (χ2n) is 3.47. The predicted molar refractivity (Wildman–Crippen MR) is 50.8 cm³/mol. The molecule has 1 aromatic heterocycles. The van der Waals surface area contributed by atoms with E-state index in [1.54, 1.807) is 0 Å². The van der Waals surface area contributed by atoms with E-state index in [-0.39, 0.29) is 0 Å². The van der Waals surface area contributed by atoms with Gasteiger partial charge in [-0.2, -0.15) is 0 Å². The molecule has 1 aliphatic carbocycles. The largest absolute Gasteiger partial charge is 0.256 e. The molecular formula is C11H13N. The summed E-state index contributed by atoms with van der Waals surface area (Å²) < 4.78 is 0. The Kier molecular flexibility index (Phi) is 1.72. The summed E-state index contributed by atoms with van der Waals surface area (Å²) in [6, 6.07) is 4.14. The Labute approximate surface area is 72.5 Å². The van der Waals surface area contributed by atoms with E-state index in [0.717, 1.165) is 6.42 Å². The van der Waals surface area contributed by atoms with Crippen molar-refractivity contribution in [2.24, 2.45) is 5.92 Å². The first-order chi connectivity index (χ1) is 5.79. The van der Waals surface area contributed by atoms with Crippen LogP contribution in [0.15, 0.2) is 18.3 Å². The molecule has 1 nitrogen and oxygen atoms in total. The van der Waals surface area contributed by atoms with E-state index in [1.807, 2.05) is 12.3 Å². The number of hydrogen-bond acceptors (Lipinski definition) is 1. The highest BCUT2D eigenvalue weighted by atomic mass is 14.6. The minimum Gasteiger partial charge on any atom is -0.256 e. The molecule has 0 radical (unpaired) electrons. The molecule has 1 aliphatic rings. The minimum atomic E-state index is 0.660. The molecule has 2 rings (SSSR count). The second kappa shape index (κ2) is 2.74. The van der Waals surface area contributed by atoms with E-state index in [9.17, 15) is 0 Å². The smallest absolute Gasteiger partial charge is 0.0690 e. The fourth-order valence-electron chi connectivity index (χ4n) is 1.63. The van der Waals surface area contributed by atoms with Crippen LogP contribution in [-0.4, -0.2) is 4.98 Å². The molecule has 0 saturated heterocycles. The van der Waals surface area contributed by atoms with Gasteiger partial charge in [0.1, 0.15) is 0 Å². The Balaban J connectivity index is 2.83. The van der Waals surface area contributed by atoms with Gasteiger partial charge in [-0.25, -0.2) is 0 Å². The van der Waals surface area contributed by atoms with E-state index in [2.05, 4.69) is 31.0 Å². The van der Waals surface area contributed by atoms with Crippen molar-refractivity contribution in [1.82, 2.24) is 4.98 Å². The summed E-state index contributed by atoms with van der Waals surface area (Å²) in [6.45, 7) is 4.44. The average molecular weight is 159 g/mol. The van der Waals surface area contributed by atoms with Crippen LogP contribution in [0, 0.1) is 5.92 Å². The predicted octanol–water partition coefficient (Wildman–Crippen LogP) is 1.07. The van der Waals surface area contributed by atoms with Gasteiger partial charge < -0.3 is 0 Å². The van der Waals surface area contributed by atoms with Gasteiger partial charge >= 0.3 is 0 Å². The van der Waals surface area contributed by atoms with Crippen LogP contribution in [-0.2, 0) is 0 Å². The molecule has 62 valence electrons. The molecule has 0 aromatic carbocycles. The van der Waals surface area contributed by atoms with E-state index in [0.29, 0.717) is 5.92 Å². The second-order valence-corrected chi connectivity index (χ2v) is 3.47. The maximum absolute atomic E-state index is 4.38. The summed E-state index contributed by atoms with van der Waals surface area (Å²) in [6.07, 6.45) is 5.30. The maximum atomic E-state index is 4.38. The molecule has 1 heterocycles. The number of pyridine rings is 1. The third-order valence-corrected chi connectivity index (χ3v) is 2.64. The number of aromatic nitrogens is 1. The van der Waals surface area contributed by atoms with Gasteiger partial charge in [-0.15, -0.1) is 0 Å². The van der Waals surface area contributed by atoms with Gasteiger partial charge in [0.25, 0.3) is 0 Å². The fourth-order valence-corrected chi connectivity index (χ4v) is 1.63. The van der Waals surface area contributed by atoms with Crippen molar-refractivity contribution in [3.63, 3.8) is 0 Å². The molecule has 1 heteroatoms. The van der Waals surface area contributed by atoms with Crippen LogP contribution >= 0.6 is 0 Å². The van der Waals surface area contributed by atoms with Crippen LogP contribution in [0.5, 0.6) is 0 Å². The van der Waals surface area contributed by atoms with Crippen molar-refractivity contribution in [3.05, 3.63) is 28.9 Å². The fraction of sp³-hybridized carbons (Fsp3) is 0.364. The van der Waals surface area contributed by atoms with Crippen molar-refractivity contribution in [2.45, 2.75) is 20.3 Å². The summed E-state index contributed by atoms with van der Waals surface area (Å²) in [5.41, 5.74) is 1.42. The van der Waals surface area contributed by atoms with Crippen molar-refractivity contribution < 1.29 is 0 Å². The van der Waals surface area contributed by atoms with Gasteiger partial charge in [0.2, 0.25) is 0 Å². The van der Waals surface area contributed by atoms with Crippen LogP contribution in [0.25, 0.3) is 11.6 Å². The zero-order valence-corrected chi connectivity index (χ0v) is 7.54. The molecule has 0 saturated carbocycles. The third-order valence-electron chi connectivity index (χ3n) is 2.64. The summed E-state index contributed by atoms with van der Waals surface area (Å²) in [4.78, 5) is 4.38. The lowest BCUT2D eigenvalue weighted by molar-refractivity contribution is 0.760. The van der Waals surface area contributed by atoms with Gasteiger partial charge in [-0.05, 0) is 36.1 Å². The maximum Gasteiger partial charge on any atom is 0.0690 e. The van der Waals surface area contributed by atoms with Crippen molar-refractivity contribution in [1.29, 1.82) is 0 Å². The molecule has 1 unspecified atom stereocenters. The molecule has 0 amide bonds. The van der Waals surface area contributed by atoms with Crippen molar-refractivity contribution in [2.75, 3.05) is 0 Å². The minimum absolute atomic E-state index is 0.660. The van der Waals surface area contributed by atoms with Crippen LogP contribution in [0.1, 0.15) is 20.3 Å². The van der Waals surface area contributed by atoms with Crippen LogP contribution < -0.4 is 10.6 Å². The normalized spacial score (nSPS) is 21.5. The topological polar surface area (TPSA) is 12.9 Å². The molecule has 0 aliphatic heterocycles. The van der Waals surface area contributed by atoms with Crippen LogP contribution in [0.4, 0.5) is 0 Å². The molecule has 0 spiro atoms. The zero-order chi connectivity index (χ0) is 8.55. The Hall–Kier alpha value is -1.11. The van der Waals surface area contributed by atoms with Gasteiger partial charge in [0, 0.05) is 6.20 Å². The monoisotopic (exact) mass is 159 g/mol. The van der Waals surface area contributed by atoms with Crippen molar-refractivity contribution >= 4 is 11.6 Å². The van der Waals surface area contributed by atoms with Gasteiger partial charge in [-0.1, -0.05) is 19.1 Å². The first kappa shape index (κ1) is 7.53. The zero-order valence-electron chi connectivity index (χ0n) is 7.54. The van der Waals surface area contributed by atoms with E-state index in [4.69, 9.17) is 0 Å². The lowest BCUT2D eigenvalue weighted by Crippen LogP contribution is -2.33. The highest BCUT2D eigenvalue weighted by Gasteiger charge is 2.08. The first-order valence-corrected chi connectivity index (χ1v) is 4.41. The highest BCUT2D eigenvalue weighted by Crippen LogP contribution is 2.14. The molecule has 0 bridgehead atoms. The Morgan fingerprint density at radius 1 is 1.50 bits per heavy atom. The molecule has 1 atom stereocenters. The summed E-state index contributed by atoms with van der Waals surface area (Å²) >= 11 is 0. The quantitative estimate of drug-likeness (QED) is 0.552. The van der Waals surface area contributed by atoms with E-state index < -0.39 is 0 Å². The molecule has 0 fully saturated rings. The summed E-state index contributed by atoms with van der Waals surface area (Å²) in [5, 5.41) is 2.49. The molecule has 0 N–H and O–H groups in total. The number of fused-ring (bicyclic) bond motifs is 1. The van der Waals surface area contributed by atoms with Gasteiger partial charge in [0.05, 0.1) is 5.35 Å². The van der Waals surface area contributed by atoms with Crippen LogP contribution in [0.3, 0.4) is 0 Å². The van der Waals surface area contributed by atoms with Gasteiger partial charge in [0.15, 0.2) is 0 Å². The summed E-state index contributed by atoms with van der Waals surface area (Å²) in [5.74, 6) is 0.660. The molecular weight excluding hydrogens is 146 g/mol. The summed E-state index contributed by atoms with van der Waals surface area (Å²) in [7, 11) is 0. The Bertz CT molecular complexity index is 403. The Morgan fingerprint density at radius 2 is 2.33 bits per heavy atom. The highest BCUT2D eigenvalue weighted by molar-refractivity contribution is 5.49. The van der Waals surface area contributed by atoms with Crippen LogP contribution in [0.2, 0.25) is 0 Å². The lowest BCUT2D eigenvalue weighted by atomic mass is 9.94. The Morgan fingerprint density at radius 3 is 3.17 bits per heavy atom. The van der Waals surface area contributed by atoms with E-state index in [1.165, 1.54) is 16.1 Å². The number of rotatable bonds is 0. The number of hydrogen-bond donors (Lipinski definition) is 0. The SMILES string of the molecule is CC1=c2ncccc2=CCC1C. The lowest BCUT2D eigenvalue weighted by Gasteiger charge is -2.13. The van der Waals surface area contributed by atoms with Gasteiger partial charge in [-0.3, -0.25) is 4.98 Å². The van der Waals surface area contributed by atoms with Crippen molar-refractivity contribution in [3.8, 4) is 0 Å². The standard InChI is InChI=1S/C11H13N/c1-8-5-6-10-4-3-7-12-11(10)9(8)2/h3-4,6-8H,5H2,1-2H3. The van der Waals surface area contributed by atoms with E-state index >= 15 is 0 Å². The number of nitrogens with zero attached hydrogens (tertiary/aromatic N) is 1. The molecule has 12 heavy (non-hydrogen) atoms.